The monoisotopic (exact) mass is 218 g/mol. The maximum Gasteiger partial charge on any atom is 0.138 e. The van der Waals surface area contributed by atoms with Crippen LogP contribution in [0.2, 0.25) is 0 Å². The van der Waals surface area contributed by atoms with Gasteiger partial charge in [0.25, 0.3) is 0 Å². The summed E-state index contributed by atoms with van der Waals surface area (Å²) in [5.74, 6) is 1.84. The second kappa shape index (κ2) is 3.52. The summed E-state index contributed by atoms with van der Waals surface area (Å²) in [6.45, 7) is 5.48. The fourth-order valence-electron chi connectivity index (χ4n) is 1.85. The normalized spacial score (nSPS) is 19.0. The lowest BCUT2D eigenvalue weighted by molar-refractivity contribution is 0.265. The molecule has 0 radical (unpaired) electrons. The van der Waals surface area contributed by atoms with Gasteiger partial charge in [-0.2, -0.15) is 0 Å². The van der Waals surface area contributed by atoms with Crippen molar-refractivity contribution >= 4 is 11.0 Å². The highest BCUT2D eigenvalue weighted by molar-refractivity contribution is 5.88. The maximum absolute atomic E-state index is 5.75. The fourth-order valence-corrected chi connectivity index (χ4v) is 1.85. The van der Waals surface area contributed by atoms with Gasteiger partial charge in [-0.1, -0.05) is 6.07 Å². The number of ether oxygens (including phenoxy) is 2. The topological polar surface area (TPSA) is 34.9 Å². The van der Waals surface area contributed by atoms with Crippen molar-refractivity contribution in [2.75, 3.05) is 13.2 Å². The van der Waals surface area contributed by atoms with E-state index in [2.05, 4.69) is 6.92 Å². The summed E-state index contributed by atoms with van der Waals surface area (Å²) in [5.41, 5.74) is 2.05. The Bertz CT molecular complexity index is 523. The van der Waals surface area contributed by atoms with Gasteiger partial charge in [-0.05, 0) is 26.0 Å². The van der Waals surface area contributed by atoms with E-state index in [1.807, 2.05) is 25.1 Å². The summed E-state index contributed by atoms with van der Waals surface area (Å²) in [6, 6.07) is 5.90. The molecule has 1 aromatic heterocycles. The Morgan fingerprint density at radius 2 is 2.19 bits per heavy atom. The summed E-state index contributed by atoms with van der Waals surface area (Å²) in [4.78, 5) is 0. The van der Waals surface area contributed by atoms with Crippen LogP contribution in [0.3, 0.4) is 0 Å². The molecule has 1 fully saturated rings. The highest BCUT2D eigenvalue weighted by atomic mass is 16.6. The van der Waals surface area contributed by atoms with Crippen LogP contribution in [-0.2, 0) is 4.74 Å². The average molecular weight is 218 g/mol. The van der Waals surface area contributed by atoms with E-state index in [-0.39, 0.29) is 6.10 Å². The van der Waals surface area contributed by atoms with Crippen LogP contribution in [0, 0.1) is 13.8 Å². The van der Waals surface area contributed by atoms with Crippen LogP contribution in [0.1, 0.15) is 11.3 Å². The van der Waals surface area contributed by atoms with Crippen molar-refractivity contribution in [2.24, 2.45) is 0 Å². The summed E-state index contributed by atoms with van der Waals surface area (Å²) in [5, 5.41) is 1.08. The first-order valence-electron chi connectivity index (χ1n) is 5.49. The Balaban J connectivity index is 2.01. The van der Waals surface area contributed by atoms with Gasteiger partial charge in [0.1, 0.15) is 29.8 Å². The van der Waals surface area contributed by atoms with E-state index in [1.54, 1.807) is 0 Å². The number of rotatable bonds is 3. The van der Waals surface area contributed by atoms with E-state index in [0.29, 0.717) is 6.61 Å². The first kappa shape index (κ1) is 9.73. The quantitative estimate of drug-likeness (QED) is 0.743. The zero-order valence-electron chi connectivity index (χ0n) is 9.45. The number of benzene rings is 1. The van der Waals surface area contributed by atoms with Crippen LogP contribution < -0.4 is 4.74 Å². The predicted molar refractivity (Wildman–Crippen MR) is 60.9 cm³/mol. The molecular weight excluding hydrogens is 204 g/mol. The molecule has 84 valence electrons. The van der Waals surface area contributed by atoms with Gasteiger partial charge in [-0.3, -0.25) is 0 Å². The molecule has 3 heteroatoms. The molecule has 0 aliphatic carbocycles. The second-order valence-electron chi connectivity index (χ2n) is 4.18. The Hall–Kier alpha value is -1.48. The Morgan fingerprint density at radius 3 is 2.94 bits per heavy atom. The van der Waals surface area contributed by atoms with Crippen molar-refractivity contribution in [2.45, 2.75) is 20.0 Å². The lowest BCUT2D eigenvalue weighted by Crippen LogP contribution is -2.04. The SMILES string of the molecule is Cc1oc2cccc(OCC3CO3)c2c1C. The molecule has 0 spiro atoms. The number of aryl methyl sites for hydroxylation is 2. The van der Waals surface area contributed by atoms with Crippen LogP contribution in [0.5, 0.6) is 5.75 Å². The smallest absolute Gasteiger partial charge is 0.138 e. The van der Waals surface area contributed by atoms with Gasteiger partial charge in [0.15, 0.2) is 0 Å². The first-order valence-corrected chi connectivity index (χ1v) is 5.49. The Labute approximate surface area is 94.0 Å². The predicted octanol–water partition coefficient (Wildman–Crippen LogP) is 2.83. The summed E-state index contributed by atoms with van der Waals surface area (Å²) >= 11 is 0. The maximum atomic E-state index is 5.75. The van der Waals surface area contributed by atoms with Crippen molar-refractivity contribution in [1.29, 1.82) is 0 Å². The van der Waals surface area contributed by atoms with Crippen LogP contribution >= 0.6 is 0 Å². The Morgan fingerprint density at radius 1 is 1.38 bits per heavy atom. The highest BCUT2D eigenvalue weighted by Gasteiger charge is 2.23. The molecule has 2 aromatic rings. The molecule has 16 heavy (non-hydrogen) atoms. The van der Waals surface area contributed by atoms with E-state index in [0.717, 1.165) is 34.6 Å². The largest absolute Gasteiger partial charge is 0.490 e. The molecule has 2 heterocycles. The van der Waals surface area contributed by atoms with Gasteiger partial charge in [-0.15, -0.1) is 0 Å². The Kier molecular flexibility index (Phi) is 2.14. The third-order valence-corrected chi connectivity index (χ3v) is 2.98. The van der Waals surface area contributed by atoms with E-state index in [9.17, 15) is 0 Å². The molecule has 0 bridgehead atoms. The molecule has 3 nitrogen and oxygen atoms in total. The second-order valence-corrected chi connectivity index (χ2v) is 4.18. The van der Waals surface area contributed by atoms with E-state index < -0.39 is 0 Å². The van der Waals surface area contributed by atoms with Crippen LogP contribution in [0.4, 0.5) is 0 Å². The van der Waals surface area contributed by atoms with Gasteiger partial charge >= 0.3 is 0 Å². The number of fused-ring (bicyclic) bond motifs is 1. The van der Waals surface area contributed by atoms with E-state index in [1.165, 1.54) is 0 Å². The molecule has 1 aromatic carbocycles. The number of furan rings is 1. The molecule has 1 atom stereocenters. The minimum atomic E-state index is 0.281. The minimum Gasteiger partial charge on any atom is -0.490 e. The molecule has 0 N–H and O–H groups in total. The van der Waals surface area contributed by atoms with Gasteiger partial charge < -0.3 is 13.9 Å². The molecule has 0 saturated carbocycles. The van der Waals surface area contributed by atoms with Crippen LogP contribution in [0.25, 0.3) is 11.0 Å². The minimum absolute atomic E-state index is 0.281. The first-order chi connectivity index (χ1) is 7.75. The number of hydrogen-bond acceptors (Lipinski definition) is 3. The van der Waals surface area contributed by atoms with E-state index in [4.69, 9.17) is 13.9 Å². The lowest BCUT2D eigenvalue weighted by atomic mass is 10.1. The zero-order valence-corrected chi connectivity index (χ0v) is 9.45. The third-order valence-electron chi connectivity index (χ3n) is 2.98. The fraction of sp³-hybridized carbons (Fsp3) is 0.385. The zero-order chi connectivity index (χ0) is 11.1. The average Bonchev–Trinajstić information content (AvgIpc) is 3.05. The van der Waals surface area contributed by atoms with Crippen molar-refractivity contribution in [3.05, 3.63) is 29.5 Å². The van der Waals surface area contributed by atoms with Crippen molar-refractivity contribution in [3.63, 3.8) is 0 Å². The van der Waals surface area contributed by atoms with Crippen LogP contribution in [0.15, 0.2) is 22.6 Å². The third kappa shape index (κ3) is 1.57. The number of hydrogen-bond donors (Lipinski definition) is 0. The molecule has 1 aliphatic rings. The molecule has 1 aliphatic heterocycles. The summed E-state index contributed by atoms with van der Waals surface area (Å²) in [6.07, 6.45) is 0.281. The number of epoxide rings is 1. The summed E-state index contributed by atoms with van der Waals surface area (Å²) < 4.78 is 16.5. The molecule has 1 saturated heterocycles. The van der Waals surface area contributed by atoms with Crippen molar-refractivity contribution < 1.29 is 13.9 Å². The van der Waals surface area contributed by atoms with Gasteiger partial charge in [-0.25, -0.2) is 0 Å². The van der Waals surface area contributed by atoms with Gasteiger partial charge in [0.2, 0.25) is 0 Å². The summed E-state index contributed by atoms with van der Waals surface area (Å²) in [7, 11) is 0. The standard InChI is InChI=1S/C13H14O3/c1-8-9(2)16-12-5-3-4-11(13(8)12)15-7-10-6-14-10/h3-5,10H,6-7H2,1-2H3. The van der Waals surface area contributed by atoms with E-state index >= 15 is 0 Å². The van der Waals surface area contributed by atoms with Crippen LogP contribution in [-0.4, -0.2) is 19.3 Å². The highest BCUT2D eigenvalue weighted by Crippen LogP contribution is 2.33. The van der Waals surface area contributed by atoms with Gasteiger partial charge in [0.05, 0.1) is 12.0 Å². The van der Waals surface area contributed by atoms with Crippen molar-refractivity contribution in [1.82, 2.24) is 0 Å². The van der Waals surface area contributed by atoms with Crippen molar-refractivity contribution in [3.8, 4) is 5.75 Å². The molecular formula is C13H14O3. The lowest BCUT2D eigenvalue weighted by Gasteiger charge is -2.05. The van der Waals surface area contributed by atoms with Gasteiger partial charge in [0, 0.05) is 5.56 Å². The molecule has 1 unspecified atom stereocenters. The molecule has 3 rings (SSSR count). The molecule has 0 amide bonds.